The second kappa shape index (κ2) is 4.15. The number of halogens is 3. The van der Waals surface area contributed by atoms with Gasteiger partial charge >= 0.3 is 0 Å². The van der Waals surface area contributed by atoms with Crippen molar-refractivity contribution in [2.75, 3.05) is 0 Å². The maximum atomic E-state index is 12.9. The van der Waals surface area contributed by atoms with Crippen molar-refractivity contribution in [2.24, 2.45) is 0 Å². The van der Waals surface area contributed by atoms with Gasteiger partial charge in [-0.3, -0.25) is 4.79 Å². The molecule has 0 atom stereocenters. The molecule has 0 radical (unpaired) electrons. The molecule has 0 bridgehead atoms. The predicted molar refractivity (Wildman–Crippen MR) is 47.0 cm³/mol. The van der Waals surface area contributed by atoms with Crippen LogP contribution < -0.4 is 0 Å². The standard InChI is InChI=1S/C9H3BrF2O/c10-6-4-8(11)7(2-1-3-13)9(12)5-6/h3-5H. The van der Waals surface area contributed by atoms with Gasteiger partial charge in [0.05, 0.1) is 5.56 Å². The molecule has 1 nitrogen and oxygen atoms in total. The summed E-state index contributed by atoms with van der Waals surface area (Å²) in [4.78, 5) is 9.84. The Kier molecular flexibility index (Phi) is 3.15. The van der Waals surface area contributed by atoms with E-state index in [4.69, 9.17) is 0 Å². The van der Waals surface area contributed by atoms with Crippen molar-refractivity contribution >= 4 is 22.2 Å². The van der Waals surface area contributed by atoms with Gasteiger partial charge in [-0.25, -0.2) is 8.78 Å². The molecule has 4 heteroatoms. The third-order valence-corrected chi connectivity index (χ3v) is 1.72. The van der Waals surface area contributed by atoms with Crippen LogP contribution in [-0.4, -0.2) is 6.29 Å². The summed E-state index contributed by atoms with van der Waals surface area (Å²) in [6, 6.07) is 2.16. The van der Waals surface area contributed by atoms with Gasteiger partial charge in [0, 0.05) is 4.47 Å². The van der Waals surface area contributed by atoms with Crippen molar-refractivity contribution in [1.29, 1.82) is 0 Å². The molecule has 1 aromatic carbocycles. The molecule has 0 aliphatic carbocycles. The van der Waals surface area contributed by atoms with Crippen molar-refractivity contribution in [1.82, 2.24) is 0 Å². The summed E-state index contributed by atoms with van der Waals surface area (Å²) in [5.41, 5.74) is -0.393. The van der Waals surface area contributed by atoms with Crippen LogP contribution in [0, 0.1) is 23.5 Å². The molecule has 0 saturated heterocycles. The van der Waals surface area contributed by atoms with E-state index in [9.17, 15) is 13.6 Å². The topological polar surface area (TPSA) is 17.1 Å². The van der Waals surface area contributed by atoms with Crippen molar-refractivity contribution in [3.05, 3.63) is 33.8 Å². The number of rotatable bonds is 0. The Bertz CT molecular complexity index is 381. The smallest absolute Gasteiger partial charge is 0.193 e. The quantitative estimate of drug-likeness (QED) is 0.506. The summed E-state index contributed by atoms with van der Waals surface area (Å²) in [5.74, 6) is 2.43. The van der Waals surface area contributed by atoms with Crippen LogP contribution >= 0.6 is 15.9 Å². The zero-order chi connectivity index (χ0) is 9.84. The summed E-state index contributed by atoms with van der Waals surface area (Å²) in [6.45, 7) is 0. The summed E-state index contributed by atoms with van der Waals surface area (Å²) in [7, 11) is 0. The molecule has 0 fully saturated rings. The second-order valence-electron chi connectivity index (χ2n) is 2.13. The van der Waals surface area contributed by atoms with E-state index in [1.54, 1.807) is 0 Å². The Morgan fingerprint density at radius 1 is 1.31 bits per heavy atom. The lowest BCUT2D eigenvalue weighted by Gasteiger charge is -1.97. The summed E-state index contributed by atoms with van der Waals surface area (Å²) >= 11 is 2.92. The lowest BCUT2D eigenvalue weighted by atomic mass is 10.2. The predicted octanol–water partition coefficient (Wildman–Crippen LogP) is 2.28. The van der Waals surface area contributed by atoms with Crippen molar-refractivity contribution < 1.29 is 13.6 Å². The first-order valence-electron chi connectivity index (χ1n) is 3.25. The molecule has 0 aliphatic rings. The Labute approximate surface area is 81.9 Å². The van der Waals surface area contributed by atoms with Gasteiger partial charge in [0.1, 0.15) is 11.6 Å². The van der Waals surface area contributed by atoms with Crippen LogP contribution in [0.4, 0.5) is 8.78 Å². The van der Waals surface area contributed by atoms with Gasteiger partial charge < -0.3 is 0 Å². The van der Waals surface area contributed by atoms with E-state index in [1.807, 2.05) is 5.92 Å². The van der Waals surface area contributed by atoms with Crippen molar-refractivity contribution in [2.45, 2.75) is 0 Å². The monoisotopic (exact) mass is 244 g/mol. The number of benzene rings is 1. The fourth-order valence-electron chi connectivity index (χ4n) is 0.763. The van der Waals surface area contributed by atoms with Gasteiger partial charge in [0.2, 0.25) is 0 Å². The third kappa shape index (κ3) is 2.36. The molecular formula is C9H3BrF2O. The molecule has 0 aliphatic heterocycles. The Morgan fingerprint density at radius 3 is 2.31 bits per heavy atom. The average Bonchev–Trinajstić information content (AvgIpc) is 2.02. The van der Waals surface area contributed by atoms with Crippen LogP contribution in [0.1, 0.15) is 5.56 Å². The zero-order valence-electron chi connectivity index (χ0n) is 6.27. The molecule has 0 spiro atoms. The number of carbonyl (C=O) groups excluding carboxylic acids is 1. The Balaban J connectivity index is 3.28. The molecule has 1 aromatic rings. The Hall–Kier alpha value is -1.21. The van der Waals surface area contributed by atoms with Crippen molar-refractivity contribution in [3.8, 4) is 11.8 Å². The minimum absolute atomic E-state index is 0.279. The van der Waals surface area contributed by atoms with E-state index in [1.165, 1.54) is 0 Å². The Morgan fingerprint density at radius 2 is 1.85 bits per heavy atom. The van der Waals surface area contributed by atoms with E-state index < -0.39 is 17.2 Å². The number of hydrogen-bond acceptors (Lipinski definition) is 1. The fraction of sp³-hybridized carbons (Fsp3) is 0. The minimum atomic E-state index is -0.791. The number of hydrogen-bond donors (Lipinski definition) is 0. The summed E-state index contributed by atoms with van der Waals surface area (Å²) in [5, 5.41) is 0. The zero-order valence-corrected chi connectivity index (χ0v) is 7.86. The largest absolute Gasteiger partial charge is 0.289 e. The molecule has 0 unspecified atom stereocenters. The van der Waals surface area contributed by atoms with Gasteiger partial charge in [-0.2, -0.15) is 0 Å². The molecule has 1 rings (SSSR count). The first-order valence-corrected chi connectivity index (χ1v) is 4.04. The van der Waals surface area contributed by atoms with Crippen LogP contribution in [0.5, 0.6) is 0 Å². The first-order chi connectivity index (χ1) is 6.15. The third-order valence-electron chi connectivity index (χ3n) is 1.26. The van der Waals surface area contributed by atoms with Gasteiger partial charge in [0.25, 0.3) is 0 Å². The molecule has 0 aromatic heterocycles. The van der Waals surface area contributed by atoms with E-state index in [-0.39, 0.29) is 6.29 Å². The first kappa shape index (κ1) is 9.87. The minimum Gasteiger partial charge on any atom is -0.289 e. The van der Waals surface area contributed by atoms with Gasteiger partial charge in [-0.1, -0.05) is 21.9 Å². The van der Waals surface area contributed by atoms with Crippen LogP contribution in [-0.2, 0) is 4.79 Å². The molecule has 66 valence electrons. The van der Waals surface area contributed by atoms with Gasteiger partial charge in [0.15, 0.2) is 6.29 Å². The molecular weight excluding hydrogens is 242 g/mol. The molecule has 13 heavy (non-hydrogen) atoms. The highest BCUT2D eigenvalue weighted by Gasteiger charge is 2.07. The normalized spacial score (nSPS) is 8.85. The van der Waals surface area contributed by atoms with Crippen molar-refractivity contribution in [3.63, 3.8) is 0 Å². The molecule has 0 amide bonds. The van der Waals surface area contributed by atoms with Gasteiger partial charge in [-0.05, 0) is 18.1 Å². The fourth-order valence-corrected chi connectivity index (χ4v) is 1.17. The van der Waals surface area contributed by atoms with Crippen LogP contribution in [0.15, 0.2) is 16.6 Å². The SMILES string of the molecule is O=CC#Cc1c(F)cc(Br)cc1F. The van der Waals surface area contributed by atoms with Crippen LogP contribution in [0.2, 0.25) is 0 Å². The molecule has 0 heterocycles. The highest BCUT2D eigenvalue weighted by molar-refractivity contribution is 9.10. The van der Waals surface area contributed by atoms with Crippen LogP contribution in [0.25, 0.3) is 0 Å². The highest BCUT2D eigenvalue weighted by Crippen LogP contribution is 2.18. The van der Waals surface area contributed by atoms with Crippen LogP contribution in [0.3, 0.4) is 0 Å². The summed E-state index contributed by atoms with van der Waals surface area (Å²) in [6.07, 6.45) is 0.279. The second-order valence-corrected chi connectivity index (χ2v) is 3.05. The van der Waals surface area contributed by atoms with E-state index >= 15 is 0 Å². The van der Waals surface area contributed by atoms with E-state index in [2.05, 4.69) is 21.9 Å². The molecule has 0 N–H and O–H groups in total. The number of aldehydes is 1. The van der Waals surface area contributed by atoms with E-state index in [0.717, 1.165) is 12.1 Å². The number of carbonyl (C=O) groups is 1. The highest BCUT2D eigenvalue weighted by atomic mass is 79.9. The maximum Gasteiger partial charge on any atom is 0.193 e. The lowest BCUT2D eigenvalue weighted by molar-refractivity contribution is -0.103. The maximum absolute atomic E-state index is 12.9. The molecule has 0 saturated carbocycles. The average molecular weight is 245 g/mol. The lowest BCUT2D eigenvalue weighted by Crippen LogP contribution is -1.90. The summed E-state index contributed by atoms with van der Waals surface area (Å²) < 4.78 is 26.2. The van der Waals surface area contributed by atoms with E-state index in [0.29, 0.717) is 4.47 Å². The van der Waals surface area contributed by atoms with Gasteiger partial charge in [-0.15, -0.1) is 0 Å².